The molecule has 0 aliphatic rings. The average molecular weight is 587 g/mol. The van der Waals surface area contributed by atoms with E-state index in [4.69, 9.17) is 9.47 Å². The van der Waals surface area contributed by atoms with Gasteiger partial charge in [-0.1, -0.05) is 70.6 Å². The van der Waals surface area contributed by atoms with Crippen LogP contribution in [0.1, 0.15) is 92.4 Å². The molecule has 0 saturated carbocycles. The number of unbranched alkanes of at least 4 members (excludes halogenated alkanes) is 6. The van der Waals surface area contributed by atoms with Crippen molar-refractivity contribution in [2.45, 2.75) is 83.9 Å². The second-order valence-electron chi connectivity index (χ2n) is 10.1. The number of halogens is 3. The third kappa shape index (κ3) is 9.56. The molecule has 3 aromatic rings. The van der Waals surface area contributed by atoms with Gasteiger partial charge in [0.25, 0.3) is 0 Å². The second kappa shape index (κ2) is 15.9. The Morgan fingerprint density at radius 2 is 1.48 bits per heavy atom. The molecule has 10 heteroatoms. The van der Waals surface area contributed by atoms with Gasteiger partial charge < -0.3 is 14.6 Å². The summed E-state index contributed by atoms with van der Waals surface area (Å²) in [6.45, 7) is 4.51. The maximum absolute atomic E-state index is 13.3. The summed E-state index contributed by atoms with van der Waals surface area (Å²) < 4.78 is 50.4. The van der Waals surface area contributed by atoms with Crippen molar-refractivity contribution in [3.8, 4) is 28.3 Å². The fourth-order valence-electron chi connectivity index (χ4n) is 4.38. The van der Waals surface area contributed by atoms with E-state index in [9.17, 15) is 27.9 Å². The molecule has 3 rings (SSSR count). The Kier molecular flexibility index (Phi) is 12.3. The van der Waals surface area contributed by atoms with Crippen LogP contribution in [0.4, 0.5) is 13.2 Å². The van der Waals surface area contributed by atoms with Gasteiger partial charge in [-0.2, -0.15) is 13.2 Å². The number of hydrogen-bond acceptors (Lipinski definition) is 6. The van der Waals surface area contributed by atoms with Crippen LogP contribution < -0.4 is 4.74 Å². The highest BCUT2D eigenvalue weighted by molar-refractivity contribution is 5.97. The Hall–Kier alpha value is -3.95. The first-order chi connectivity index (χ1) is 20.1. The first kappa shape index (κ1) is 32.6. The maximum atomic E-state index is 13.3. The van der Waals surface area contributed by atoms with Crippen molar-refractivity contribution in [3.05, 3.63) is 66.0 Å². The third-order valence-corrected chi connectivity index (χ3v) is 6.77. The highest BCUT2D eigenvalue weighted by atomic mass is 19.4. The predicted octanol–water partition coefficient (Wildman–Crippen LogP) is 8.53. The van der Waals surface area contributed by atoms with Gasteiger partial charge >= 0.3 is 18.1 Å². The molecule has 0 fully saturated rings. The highest BCUT2D eigenvalue weighted by Crippen LogP contribution is 2.31. The number of ether oxygens (including phenoxy) is 2. The zero-order valence-electron chi connectivity index (χ0n) is 24.0. The standard InChI is InChI=1S/C32H37F3N2O5/c1-3-5-7-8-9-10-18-41-25-20-36-29(37-21-25)24-16-17-26(30(38)39)27(19-24)22-12-14-23(15-13-22)31(40)42-28(11-6-4-2)32(33,34)35/h12-17,19-21,28H,3-11,18H2,1-2H3,(H,38,39)/t28-/m0/s1. The van der Waals surface area contributed by atoms with Gasteiger partial charge in [0.2, 0.25) is 0 Å². The number of aromatic carboxylic acids is 1. The van der Waals surface area contributed by atoms with Gasteiger partial charge in [0.05, 0.1) is 30.1 Å². The van der Waals surface area contributed by atoms with E-state index in [1.165, 1.54) is 56.0 Å². The number of carbonyl (C=O) groups is 2. The van der Waals surface area contributed by atoms with Crippen LogP contribution in [-0.2, 0) is 4.74 Å². The van der Waals surface area contributed by atoms with Crippen molar-refractivity contribution < 1.29 is 37.3 Å². The molecule has 1 N–H and O–H groups in total. The quantitative estimate of drug-likeness (QED) is 0.133. The number of benzene rings is 2. The molecule has 0 spiro atoms. The smallest absolute Gasteiger partial charge is 0.425 e. The number of aromatic nitrogens is 2. The minimum Gasteiger partial charge on any atom is -0.490 e. The molecule has 42 heavy (non-hydrogen) atoms. The number of carboxylic acid groups (broad SMARTS) is 1. The summed E-state index contributed by atoms with van der Waals surface area (Å²) in [5.41, 5.74) is 1.28. The second-order valence-corrected chi connectivity index (χ2v) is 10.1. The van der Waals surface area contributed by atoms with E-state index >= 15 is 0 Å². The van der Waals surface area contributed by atoms with Crippen LogP contribution in [0.5, 0.6) is 5.75 Å². The average Bonchev–Trinajstić information content (AvgIpc) is 2.98. The molecule has 0 amide bonds. The van der Waals surface area contributed by atoms with Crippen LogP contribution in [-0.4, -0.2) is 45.9 Å². The summed E-state index contributed by atoms with van der Waals surface area (Å²) in [5.74, 6) is -1.35. The summed E-state index contributed by atoms with van der Waals surface area (Å²) in [6.07, 6.45) is 3.70. The molecule has 0 aliphatic heterocycles. The van der Waals surface area contributed by atoms with Crippen LogP contribution in [0.15, 0.2) is 54.9 Å². The lowest BCUT2D eigenvalue weighted by Crippen LogP contribution is -2.33. The van der Waals surface area contributed by atoms with E-state index in [1.807, 2.05) is 0 Å². The Bertz CT molecular complexity index is 1290. The molecule has 2 aromatic carbocycles. The van der Waals surface area contributed by atoms with Gasteiger partial charge in [0.1, 0.15) is 0 Å². The van der Waals surface area contributed by atoms with E-state index in [1.54, 1.807) is 31.5 Å². The van der Waals surface area contributed by atoms with Gasteiger partial charge in [-0.3, -0.25) is 0 Å². The van der Waals surface area contributed by atoms with Crippen molar-refractivity contribution in [2.24, 2.45) is 0 Å². The Labute approximate surface area is 244 Å². The summed E-state index contributed by atoms with van der Waals surface area (Å²) >= 11 is 0. The number of carboxylic acids is 1. The lowest BCUT2D eigenvalue weighted by Gasteiger charge is -2.20. The van der Waals surface area contributed by atoms with Gasteiger partial charge in [-0.05, 0) is 54.7 Å². The Morgan fingerprint density at radius 1 is 0.857 bits per heavy atom. The minimum atomic E-state index is -4.66. The van der Waals surface area contributed by atoms with Gasteiger partial charge in [-0.25, -0.2) is 19.6 Å². The molecular formula is C32H37F3N2O5. The van der Waals surface area contributed by atoms with Crippen molar-refractivity contribution in [1.29, 1.82) is 0 Å². The van der Waals surface area contributed by atoms with E-state index in [0.29, 0.717) is 41.3 Å². The van der Waals surface area contributed by atoms with Crippen LogP contribution in [0.2, 0.25) is 0 Å². The number of nitrogens with zero attached hydrogens (tertiary/aromatic N) is 2. The number of hydrogen-bond donors (Lipinski definition) is 1. The highest BCUT2D eigenvalue weighted by Gasteiger charge is 2.42. The largest absolute Gasteiger partial charge is 0.490 e. The zero-order valence-corrected chi connectivity index (χ0v) is 24.0. The first-order valence-electron chi connectivity index (χ1n) is 14.3. The van der Waals surface area contributed by atoms with Crippen molar-refractivity contribution >= 4 is 11.9 Å². The van der Waals surface area contributed by atoms with Gasteiger partial charge in [-0.15, -0.1) is 0 Å². The molecule has 0 saturated heterocycles. The first-order valence-corrected chi connectivity index (χ1v) is 14.3. The molecule has 1 heterocycles. The van der Waals surface area contributed by atoms with Crippen molar-refractivity contribution in [2.75, 3.05) is 6.61 Å². The topological polar surface area (TPSA) is 98.6 Å². The zero-order chi connectivity index (χ0) is 30.5. The van der Waals surface area contributed by atoms with Gasteiger partial charge in [0, 0.05) is 5.56 Å². The van der Waals surface area contributed by atoms with Crippen LogP contribution in [0, 0.1) is 0 Å². The van der Waals surface area contributed by atoms with E-state index in [2.05, 4.69) is 16.9 Å². The molecule has 7 nitrogen and oxygen atoms in total. The summed E-state index contributed by atoms with van der Waals surface area (Å²) in [4.78, 5) is 33.1. The van der Waals surface area contributed by atoms with Crippen molar-refractivity contribution in [1.82, 2.24) is 9.97 Å². The Balaban J connectivity index is 1.73. The number of esters is 1. The molecule has 0 bridgehead atoms. The van der Waals surface area contributed by atoms with Crippen molar-refractivity contribution in [3.63, 3.8) is 0 Å². The molecule has 1 atom stereocenters. The van der Waals surface area contributed by atoms with Gasteiger partial charge in [0.15, 0.2) is 17.7 Å². The van der Waals surface area contributed by atoms with Crippen LogP contribution in [0.25, 0.3) is 22.5 Å². The Morgan fingerprint density at radius 3 is 2.10 bits per heavy atom. The predicted molar refractivity (Wildman–Crippen MR) is 154 cm³/mol. The molecular weight excluding hydrogens is 549 g/mol. The normalized spacial score (nSPS) is 12.1. The lowest BCUT2D eigenvalue weighted by atomic mass is 9.96. The van der Waals surface area contributed by atoms with E-state index in [0.717, 1.165) is 12.8 Å². The maximum Gasteiger partial charge on any atom is 0.425 e. The molecule has 1 aromatic heterocycles. The fraction of sp³-hybridized carbons (Fsp3) is 0.438. The molecule has 0 unspecified atom stereocenters. The van der Waals surface area contributed by atoms with Crippen LogP contribution >= 0.6 is 0 Å². The molecule has 0 radical (unpaired) electrons. The summed E-state index contributed by atoms with van der Waals surface area (Å²) in [6, 6.07) is 10.2. The fourth-order valence-corrected chi connectivity index (χ4v) is 4.38. The number of rotatable bonds is 16. The lowest BCUT2D eigenvalue weighted by molar-refractivity contribution is -0.206. The summed E-state index contributed by atoms with van der Waals surface area (Å²) in [5, 5.41) is 9.75. The number of alkyl halides is 3. The monoisotopic (exact) mass is 586 g/mol. The van der Waals surface area contributed by atoms with E-state index in [-0.39, 0.29) is 24.0 Å². The molecule has 226 valence electrons. The van der Waals surface area contributed by atoms with Crippen LogP contribution in [0.3, 0.4) is 0 Å². The number of carbonyl (C=O) groups excluding carboxylic acids is 1. The SMILES string of the molecule is CCCCCCCCOc1cnc(-c2ccc(C(=O)O)c(-c3ccc(C(=O)O[C@@H](CCCC)C(F)(F)F)cc3)c2)nc1. The minimum absolute atomic E-state index is 0.00432. The third-order valence-electron chi connectivity index (χ3n) is 6.77. The molecule has 0 aliphatic carbocycles. The van der Waals surface area contributed by atoms with E-state index < -0.39 is 24.2 Å². The summed E-state index contributed by atoms with van der Waals surface area (Å²) in [7, 11) is 0.